The van der Waals surface area contributed by atoms with Gasteiger partial charge in [-0.05, 0) is 73.7 Å². The Labute approximate surface area is 207 Å². The summed E-state index contributed by atoms with van der Waals surface area (Å²) in [5.41, 5.74) is 4.43. The number of rotatable bonds is 10. The van der Waals surface area contributed by atoms with Crippen molar-refractivity contribution in [3.8, 4) is 0 Å². The molecule has 6 nitrogen and oxygen atoms in total. The number of benzene rings is 2. The molecule has 0 bridgehead atoms. The Hall–Kier alpha value is -2.61. The molecule has 0 aliphatic rings. The Bertz CT molecular complexity index is 1230. The number of hydrogen-bond donors (Lipinski definition) is 1. The van der Waals surface area contributed by atoms with Crippen molar-refractivity contribution in [2.45, 2.75) is 58.5 Å². The summed E-state index contributed by atoms with van der Waals surface area (Å²) in [6.07, 6.45) is 1.89. The fraction of sp³-hybridized carbons (Fsp3) is 0.346. The molecule has 0 amide bonds. The molecule has 8 heteroatoms. The van der Waals surface area contributed by atoms with Crippen LogP contribution >= 0.6 is 11.6 Å². The fourth-order valence-electron chi connectivity index (χ4n) is 3.89. The van der Waals surface area contributed by atoms with E-state index < -0.39 is 16.0 Å². The van der Waals surface area contributed by atoms with Gasteiger partial charge in [0.1, 0.15) is 5.69 Å². The van der Waals surface area contributed by atoms with Gasteiger partial charge in [0.25, 0.3) is 0 Å². The second-order valence-corrected chi connectivity index (χ2v) is 10.6. The monoisotopic (exact) mass is 502 g/mol. The molecule has 0 radical (unpaired) electrons. The summed E-state index contributed by atoms with van der Waals surface area (Å²) in [4.78, 5) is 15.7. The Morgan fingerprint density at radius 1 is 0.971 bits per heavy atom. The number of hydrogen-bond acceptors (Lipinski definition) is 4. The molecule has 1 aromatic heterocycles. The molecule has 3 aromatic rings. The molecule has 34 heavy (non-hydrogen) atoms. The van der Waals surface area contributed by atoms with Crippen LogP contribution in [0, 0.1) is 13.8 Å². The lowest BCUT2D eigenvalue weighted by Crippen LogP contribution is -2.30. The van der Waals surface area contributed by atoms with Gasteiger partial charge in [0.2, 0.25) is 10.0 Å². The predicted molar refractivity (Wildman–Crippen MR) is 135 cm³/mol. The Balaban J connectivity index is 2.00. The number of carbonyl (C=O) groups excluding carboxylic acids is 1. The number of carbonyl (C=O) groups is 1. The van der Waals surface area contributed by atoms with E-state index in [1.54, 1.807) is 38.1 Å². The van der Waals surface area contributed by atoms with Gasteiger partial charge in [0, 0.05) is 23.8 Å². The molecular formula is C26H31ClN2O4S. The fourth-order valence-corrected chi connectivity index (χ4v) is 5.42. The Morgan fingerprint density at radius 3 is 2.18 bits per heavy atom. The largest absolute Gasteiger partial charge is 0.461 e. The number of aromatic nitrogens is 1. The second-order valence-electron chi connectivity index (χ2n) is 8.24. The summed E-state index contributed by atoms with van der Waals surface area (Å²) in [5.74, 6) is -0.451. The zero-order valence-electron chi connectivity index (χ0n) is 20.0. The first kappa shape index (κ1) is 26.0. The number of H-pyrrole nitrogens is 1. The van der Waals surface area contributed by atoms with Crippen LogP contribution in [0.5, 0.6) is 0 Å². The minimum Gasteiger partial charge on any atom is -0.461 e. The lowest BCUT2D eigenvalue weighted by Gasteiger charge is -2.23. The van der Waals surface area contributed by atoms with Crippen molar-refractivity contribution in [3.63, 3.8) is 0 Å². The predicted octanol–water partition coefficient (Wildman–Crippen LogP) is 5.81. The number of nitrogens with one attached hydrogen (secondary N) is 1. The minimum absolute atomic E-state index is 0.106. The SMILES string of the molecule is CCCc1ccc(S(=O)(=O)N(Cc2ccc(Cl)cc2)Cc2c(C)[nH]c(C(=O)OCC)c2C)cc1. The van der Waals surface area contributed by atoms with Crippen LogP contribution in [0.1, 0.15) is 58.7 Å². The molecule has 0 atom stereocenters. The molecule has 0 saturated heterocycles. The maximum absolute atomic E-state index is 13.7. The van der Waals surface area contributed by atoms with Crippen molar-refractivity contribution in [1.29, 1.82) is 0 Å². The van der Waals surface area contributed by atoms with E-state index in [9.17, 15) is 13.2 Å². The van der Waals surface area contributed by atoms with Crippen molar-refractivity contribution >= 4 is 27.6 Å². The van der Waals surface area contributed by atoms with Gasteiger partial charge in [-0.3, -0.25) is 0 Å². The standard InChI is InChI=1S/C26H31ClN2O4S/c1-5-7-20-10-14-23(15-11-20)34(31,32)29(16-21-8-12-22(27)13-9-21)17-24-18(3)25(28-19(24)4)26(30)33-6-2/h8-15,28H,5-7,16-17H2,1-4H3. The molecule has 2 aromatic carbocycles. The average Bonchev–Trinajstić information content (AvgIpc) is 3.09. The van der Waals surface area contributed by atoms with Crippen molar-refractivity contribution < 1.29 is 17.9 Å². The van der Waals surface area contributed by atoms with Gasteiger partial charge < -0.3 is 9.72 Å². The topological polar surface area (TPSA) is 79.5 Å². The molecule has 0 fully saturated rings. The molecule has 3 rings (SSSR count). The molecule has 0 unspecified atom stereocenters. The van der Waals surface area contributed by atoms with Gasteiger partial charge in [-0.2, -0.15) is 4.31 Å². The molecule has 0 aliphatic heterocycles. The van der Waals surface area contributed by atoms with Gasteiger partial charge in [-0.25, -0.2) is 13.2 Å². The Morgan fingerprint density at radius 2 is 1.59 bits per heavy atom. The molecule has 1 heterocycles. The van der Waals surface area contributed by atoms with Gasteiger partial charge in [0.15, 0.2) is 0 Å². The lowest BCUT2D eigenvalue weighted by atomic mass is 10.1. The first-order valence-electron chi connectivity index (χ1n) is 11.4. The highest BCUT2D eigenvalue weighted by atomic mass is 35.5. The molecule has 0 spiro atoms. The van der Waals surface area contributed by atoms with Gasteiger partial charge in [0.05, 0.1) is 11.5 Å². The van der Waals surface area contributed by atoms with E-state index in [4.69, 9.17) is 16.3 Å². The van der Waals surface area contributed by atoms with Crippen LogP contribution in [-0.4, -0.2) is 30.3 Å². The van der Waals surface area contributed by atoms with Gasteiger partial charge >= 0.3 is 5.97 Å². The molecular weight excluding hydrogens is 472 g/mol. The van der Waals surface area contributed by atoms with Gasteiger partial charge in [-0.15, -0.1) is 0 Å². The summed E-state index contributed by atoms with van der Waals surface area (Å²) >= 11 is 6.02. The van der Waals surface area contributed by atoms with Crippen LogP contribution < -0.4 is 0 Å². The summed E-state index contributed by atoms with van der Waals surface area (Å²) in [7, 11) is -3.82. The molecule has 182 valence electrons. The quantitative estimate of drug-likeness (QED) is 0.355. The van der Waals surface area contributed by atoms with Crippen molar-refractivity contribution in [2.24, 2.45) is 0 Å². The zero-order chi connectivity index (χ0) is 24.9. The average molecular weight is 503 g/mol. The second kappa shape index (κ2) is 11.2. The molecule has 1 N–H and O–H groups in total. The summed E-state index contributed by atoms with van der Waals surface area (Å²) in [5, 5.41) is 0.584. The van der Waals surface area contributed by atoms with E-state index in [1.165, 1.54) is 4.31 Å². The zero-order valence-corrected chi connectivity index (χ0v) is 21.6. The van der Waals surface area contributed by atoms with Crippen LogP contribution in [-0.2, 0) is 34.3 Å². The molecule has 0 saturated carbocycles. The van der Waals surface area contributed by atoms with Crippen LogP contribution in [0.4, 0.5) is 0 Å². The van der Waals surface area contributed by atoms with E-state index in [0.29, 0.717) is 16.3 Å². The van der Waals surface area contributed by atoms with E-state index in [1.807, 2.05) is 31.2 Å². The highest BCUT2D eigenvalue weighted by Gasteiger charge is 2.28. The van der Waals surface area contributed by atoms with E-state index in [0.717, 1.165) is 35.2 Å². The first-order chi connectivity index (χ1) is 16.2. The van der Waals surface area contributed by atoms with Crippen LogP contribution in [0.3, 0.4) is 0 Å². The van der Waals surface area contributed by atoms with E-state index in [2.05, 4.69) is 11.9 Å². The number of ether oxygens (including phenoxy) is 1. The number of aromatic amines is 1. The number of sulfonamides is 1. The third-order valence-electron chi connectivity index (χ3n) is 5.78. The van der Waals surface area contributed by atoms with Crippen molar-refractivity contribution in [1.82, 2.24) is 9.29 Å². The number of nitrogens with zero attached hydrogens (tertiary/aromatic N) is 1. The third kappa shape index (κ3) is 5.90. The normalized spacial score (nSPS) is 11.7. The maximum Gasteiger partial charge on any atom is 0.355 e. The maximum atomic E-state index is 13.7. The highest BCUT2D eigenvalue weighted by Crippen LogP contribution is 2.27. The highest BCUT2D eigenvalue weighted by molar-refractivity contribution is 7.89. The number of aryl methyl sites for hydroxylation is 2. The summed E-state index contributed by atoms with van der Waals surface area (Å²) in [6, 6.07) is 14.2. The summed E-state index contributed by atoms with van der Waals surface area (Å²) in [6.45, 7) is 8.00. The van der Waals surface area contributed by atoms with E-state index >= 15 is 0 Å². The van der Waals surface area contributed by atoms with Crippen LogP contribution in [0.2, 0.25) is 5.02 Å². The van der Waals surface area contributed by atoms with Crippen LogP contribution in [0.25, 0.3) is 0 Å². The first-order valence-corrected chi connectivity index (χ1v) is 13.2. The molecule has 0 aliphatic carbocycles. The van der Waals surface area contributed by atoms with Crippen LogP contribution in [0.15, 0.2) is 53.4 Å². The van der Waals surface area contributed by atoms with Gasteiger partial charge in [-0.1, -0.05) is 49.2 Å². The minimum atomic E-state index is -3.82. The smallest absolute Gasteiger partial charge is 0.355 e. The van der Waals surface area contributed by atoms with E-state index in [-0.39, 0.29) is 24.6 Å². The number of esters is 1. The Kier molecular flexibility index (Phi) is 8.57. The third-order valence-corrected chi connectivity index (χ3v) is 7.84. The van der Waals surface area contributed by atoms with Crippen molar-refractivity contribution in [2.75, 3.05) is 6.61 Å². The summed E-state index contributed by atoms with van der Waals surface area (Å²) < 4.78 is 34.1. The number of halogens is 1. The lowest BCUT2D eigenvalue weighted by molar-refractivity contribution is 0.0519. The van der Waals surface area contributed by atoms with Crippen molar-refractivity contribution in [3.05, 3.63) is 87.2 Å².